The van der Waals surface area contributed by atoms with Crippen LogP contribution < -0.4 is 10.5 Å². The molecule has 1 aliphatic carbocycles. The number of aliphatic hydroxyl groups is 1. The summed E-state index contributed by atoms with van der Waals surface area (Å²) in [4.78, 5) is 21.5. The lowest BCUT2D eigenvalue weighted by atomic mass is 10.1. The zero-order valence-corrected chi connectivity index (χ0v) is 21.2. The smallest absolute Gasteiger partial charge is 0.333 e. The predicted octanol–water partition coefficient (Wildman–Crippen LogP) is 1.79. The number of rotatable bonds is 9. The van der Waals surface area contributed by atoms with Crippen LogP contribution in [-0.2, 0) is 21.0 Å². The van der Waals surface area contributed by atoms with E-state index in [0.29, 0.717) is 25.2 Å². The van der Waals surface area contributed by atoms with Gasteiger partial charge in [0.15, 0.2) is 0 Å². The lowest BCUT2D eigenvalue weighted by Crippen LogP contribution is -2.24. The van der Waals surface area contributed by atoms with Crippen LogP contribution in [0.5, 0.6) is 0 Å². The molecule has 3 aromatic rings. The highest BCUT2D eigenvalue weighted by atomic mass is 79.9. The molecule has 4 N–H and O–H groups in total. The van der Waals surface area contributed by atoms with Crippen molar-refractivity contribution in [1.82, 2.24) is 19.7 Å². The normalized spacial score (nSPS) is 20.2. The van der Waals surface area contributed by atoms with Crippen LogP contribution >= 0.6 is 15.9 Å². The highest BCUT2D eigenvalue weighted by Gasteiger charge is 2.35. The van der Waals surface area contributed by atoms with E-state index in [0.717, 1.165) is 15.7 Å². The van der Waals surface area contributed by atoms with Gasteiger partial charge in [0.2, 0.25) is 5.78 Å². The second-order valence-electron chi connectivity index (χ2n) is 8.49. The molecule has 3 atom stereocenters. The van der Waals surface area contributed by atoms with Gasteiger partial charge in [0.05, 0.1) is 24.8 Å². The van der Waals surface area contributed by atoms with Crippen LogP contribution in [0.1, 0.15) is 40.2 Å². The first-order chi connectivity index (χ1) is 16.6. The first-order valence-corrected chi connectivity index (χ1v) is 13.1. The minimum Gasteiger partial charge on any atom is -0.393 e. The molecule has 186 valence electrons. The summed E-state index contributed by atoms with van der Waals surface area (Å²) in [6, 6.07) is 9.32. The number of aryl methyl sites for hydroxylation is 1. The SMILES string of the molecule is Cc1cc(C(=O)c2cncnc2N[C@@H]2C[C@H](COS(N)(=O)=O)[C@@H](O)C2)nn1Cc1cccc(Br)c1. The molecule has 1 fully saturated rings. The fourth-order valence-electron chi connectivity index (χ4n) is 4.11. The summed E-state index contributed by atoms with van der Waals surface area (Å²) in [6.45, 7) is 2.17. The van der Waals surface area contributed by atoms with Gasteiger partial charge >= 0.3 is 10.3 Å². The van der Waals surface area contributed by atoms with Crippen molar-refractivity contribution in [1.29, 1.82) is 0 Å². The molecule has 0 amide bonds. The fourth-order valence-corrected chi connectivity index (χ4v) is 4.92. The summed E-state index contributed by atoms with van der Waals surface area (Å²) in [6.07, 6.45) is 2.70. The van der Waals surface area contributed by atoms with Gasteiger partial charge < -0.3 is 10.4 Å². The molecule has 2 aromatic heterocycles. The summed E-state index contributed by atoms with van der Waals surface area (Å²) in [5.41, 5.74) is 2.38. The standard InChI is InChI=1S/C22H25BrN6O5S/c1-13-5-19(28-29(13)10-14-3-2-4-16(23)6-14)21(31)18-9-25-12-26-22(18)27-17-7-15(20(30)8-17)11-34-35(24,32)33/h2-6,9,12,15,17,20,30H,7-8,10-11H2,1H3,(H2,24,32,33)(H,25,26,27)/t15-,17-,20+/m1/s1. The van der Waals surface area contributed by atoms with Crippen LogP contribution in [0.25, 0.3) is 0 Å². The number of aromatic nitrogens is 4. The van der Waals surface area contributed by atoms with Crippen LogP contribution in [0.3, 0.4) is 0 Å². The number of benzene rings is 1. The minimum atomic E-state index is -4.09. The summed E-state index contributed by atoms with van der Waals surface area (Å²) in [5.74, 6) is -0.450. The third-order valence-electron chi connectivity index (χ3n) is 5.84. The van der Waals surface area contributed by atoms with Crippen molar-refractivity contribution in [3.63, 3.8) is 0 Å². The Bertz CT molecular complexity index is 1330. The Kier molecular flexibility index (Phi) is 7.62. The highest BCUT2D eigenvalue weighted by molar-refractivity contribution is 9.10. The Hall–Kier alpha value is -2.71. The molecule has 1 aromatic carbocycles. The molecule has 1 aliphatic rings. The van der Waals surface area contributed by atoms with Crippen LogP contribution in [0.4, 0.5) is 5.82 Å². The number of nitrogens with zero attached hydrogens (tertiary/aromatic N) is 4. The predicted molar refractivity (Wildman–Crippen MR) is 131 cm³/mol. The number of carbonyl (C=O) groups is 1. The summed E-state index contributed by atoms with van der Waals surface area (Å²) >= 11 is 3.46. The molecule has 0 aliphatic heterocycles. The number of anilines is 1. The monoisotopic (exact) mass is 564 g/mol. The number of hydrogen-bond donors (Lipinski definition) is 3. The van der Waals surface area contributed by atoms with Crippen molar-refractivity contribution in [2.75, 3.05) is 11.9 Å². The van der Waals surface area contributed by atoms with E-state index in [1.54, 1.807) is 10.7 Å². The maximum absolute atomic E-state index is 13.3. The minimum absolute atomic E-state index is 0.220. The van der Waals surface area contributed by atoms with Crippen LogP contribution in [0.15, 0.2) is 47.3 Å². The van der Waals surface area contributed by atoms with Gasteiger partial charge in [-0.3, -0.25) is 13.7 Å². The molecule has 0 bridgehead atoms. The average Bonchev–Trinajstić information content (AvgIpc) is 3.33. The first kappa shape index (κ1) is 25.4. The molecule has 0 radical (unpaired) electrons. The van der Waals surface area contributed by atoms with E-state index in [-0.39, 0.29) is 29.7 Å². The topological polar surface area (TPSA) is 162 Å². The van der Waals surface area contributed by atoms with Gasteiger partial charge in [-0.15, -0.1) is 0 Å². The number of ketones is 1. The van der Waals surface area contributed by atoms with Crippen LogP contribution in [-0.4, -0.2) is 57.8 Å². The van der Waals surface area contributed by atoms with E-state index in [4.69, 9.17) is 5.14 Å². The third-order valence-corrected chi connectivity index (χ3v) is 6.79. The van der Waals surface area contributed by atoms with E-state index in [1.807, 2.05) is 31.2 Å². The second kappa shape index (κ2) is 10.5. The van der Waals surface area contributed by atoms with Gasteiger partial charge in [-0.25, -0.2) is 15.1 Å². The van der Waals surface area contributed by atoms with E-state index in [9.17, 15) is 18.3 Å². The highest BCUT2D eigenvalue weighted by Crippen LogP contribution is 2.30. The number of hydrogen-bond acceptors (Lipinski definition) is 9. The van der Waals surface area contributed by atoms with Gasteiger partial charge in [-0.2, -0.15) is 13.5 Å². The number of carbonyl (C=O) groups excluding carboxylic acids is 1. The third kappa shape index (κ3) is 6.49. The Labute approximate surface area is 211 Å². The van der Waals surface area contributed by atoms with Gasteiger partial charge in [-0.1, -0.05) is 28.1 Å². The fraction of sp³-hybridized carbons (Fsp3) is 0.364. The molecule has 1 saturated carbocycles. The van der Waals surface area contributed by atoms with Gasteiger partial charge in [0.25, 0.3) is 0 Å². The Morgan fingerprint density at radius 1 is 1.34 bits per heavy atom. The van der Waals surface area contributed by atoms with Crippen LogP contribution in [0.2, 0.25) is 0 Å². The van der Waals surface area contributed by atoms with E-state index >= 15 is 0 Å². The largest absolute Gasteiger partial charge is 0.393 e. The van der Waals surface area contributed by atoms with E-state index in [1.165, 1.54) is 12.5 Å². The van der Waals surface area contributed by atoms with E-state index < -0.39 is 22.3 Å². The maximum Gasteiger partial charge on any atom is 0.333 e. The maximum atomic E-state index is 13.3. The van der Waals surface area contributed by atoms with Crippen molar-refractivity contribution in [3.05, 3.63) is 69.8 Å². The second-order valence-corrected chi connectivity index (χ2v) is 10.6. The zero-order valence-electron chi connectivity index (χ0n) is 18.8. The molecule has 4 rings (SSSR count). The number of nitrogens with one attached hydrogen (secondary N) is 1. The first-order valence-electron chi connectivity index (χ1n) is 10.8. The molecule has 0 unspecified atom stereocenters. The number of aliphatic hydroxyl groups excluding tert-OH is 1. The van der Waals surface area contributed by atoms with Gasteiger partial charge in [0, 0.05) is 28.3 Å². The quantitative estimate of drug-likeness (QED) is 0.329. The lowest BCUT2D eigenvalue weighted by molar-refractivity contribution is 0.101. The summed E-state index contributed by atoms with van der Waals surface area (Å²) < 4.78 is 29.5. The molecule has 2 heterocycles. The Balaban J connectivity index is 1.48. The Morgan fingerprint density at radius 2 is 2.14 bits per heavy atom. The van der Waals surface area contributed by atoms with Crippen molar-refractivity contribution in [3.8, 4) is 0 Å². The van der Waals surface area contributed by atoms with Gasteiger partial charge in [-0.05, 0) is 43.5 Å². The lowest BCUT2D eigenvalue weighted by Gasteiger charge is -2.15. The molecular weight excluding hydrogens is 540 g/mol. The molecular formula is C22H25BrN6O5S. The van der Waals surface area contributed by atoms with Crippen molar-refractivity contribution >= 4 is 37.8 Å². The van der Waals surface area contributed by atoms with E-state index in [2.05, 4.69) is 40.5 Å². The molecule has 0 spiro atoms. The number of nitrogens with two attached hydrogens (primary N) is 1. The van der Waals surface area contributed by atoms with Crippen LogP contribution in [0, 0.1) is 12.8 Å². The van der Waals surface area contributed by atoms with Crippen molar-refractivity contribution < 1.29 is 22.5 Å². The van der Waals surface area contributed by atoms with Gasteiger partial charge in [0.1, 0.15) is 17.8 Å². The number of halogens is 1. The molecule has 13 heteroatoms. The summed E-state index contributed by atoms with van der Waals surface area (Å²) in [7, 11) is -4.09. The Morgan fingerprint density at radius 3 is 2.89 bits per heavy atom. The molecule has 0 saturated heterocycles. The molecule has 11 nitrogen and oxygen atoms in total. The summed E-state index contributed by atoms with van der Waals surface area (Å²) in [5, 5.41) is 22.8. The van der Waals surface area contributed by atoms with Crippen molar-refractivity contribution in [2.45, 2.75) is 38.5 Å². The molecule has 35 heavy (non-hydrogen) atoms. The average molecular weight is 565 g/mol. The zero-order chi connectivity index (χ0) is 25.2. The van der Waals surface area contributed by atoms with Crippen molar-refractivity contribution in [2.24, 2.45) is 11.1 Å².